The van der Waals surface area contributed by atoms with Crippen LogP contribution in [0.15, 0.2) is 12.0 Å². The van der Waals surface area contributed by atoms with Gasteiger partial charge in [-0.05, 0) is 26.0 Å². The van der Waals surface area contributed by atoms with Gasteiger partial charge in [0.15, 0.2) is 0 Å². The fourth-order valence-electron chi connectivity index (χ4n) is 2.13. The Bertz CT molecular complexity index is 353. The summed E-state index contributed by atoms with van der Waals surface area (Å²) in [5.74, 6) is -0.990. The number of rotatable bonds is 14. The number of hydrogen-bond acceptors (Lipinski definition) is 5. The first kappa shape index (κ1) is 26.0. The summed E-state index contributed by atoms with van der Waals surface area (Å²) in [5, 5.41) is 33.9. The van der Waals surface area contributed by atoms with Crippen LogP contribution in [0.2, 0.25) is 0 Å². The minimum Gasteiger partial charge on any atom is -0.874 e. The first-order valence-corrected chi connectivity index (χ1v) is 8.67. The molecule has 0 fully saturated rings. The zero-order valence-electron chi connectivity index (χ0n) is 15.8. The Morgan fingerprint density at radius 3 is 2.46 bits per heavy atom. The molecule has 24 heavy (non-hydrogen) atoms. The van der Waals surface area contributed by atoms with E-state index in [1.807, 2.05) is 6.92 Å². The first-order valence-electron chi connectivity index (χ1n) is 8.67. The van der Waals surface area contributed by atoms with Crippen LogP contribution >= 0.6 is 0 Å². The summed E-state index contributed by atoms with van der Waals surface area (Å²) in [6, 6.07) is -0.743. The van der Waals surface area contributed by atoms with Gasteiger partial charge in [-0.3, -0.25) is 0 Å². The van der Waals surface area contributed by atoms with Crippen molar-refractivity contribution in [3.63, 3.8) is 0 Å². The van der Waals surface area contributed by atoms with E-state index in [9.17, 15) is 15.0 Å². The van der Waals surface area contributed by atoms with E-state index in [-0.39, 0.29) is 41.4 Å². The second-order valence-corrected chi connectivity index (χ2v) is 5.95. The van der Waals surface area contributed by atoms with Crippen LogP contribution in [0.3, 0.4) is 0 Å². The van der Waals surface area contributed by atoms with E-state index in [1.54, 1.807) is 11.8 Å². The van der Waals surface area contributed by atoms with Gasteiger partial charge in [-0.15, -0.1) is 5.76 Å². The standard InChI is InChI=1S/C17H34N2O4.Na/c1-4-6-8-15(20)12-18-10-11-19(14(3)17(22)23)13-16(21)9-7-5-2;/h13-15,18,20-21H,4-12H2,1-3H3,(H,22,23);/q;+1/p-1/b16-13-;. The molecule has 3 N–H and O–H groups in total. The molecule has 0 aliphatic carbocycles. The number of unbranched alkanes of at least 4 members (excludes halogenated alkanes) is 2. The van der Waals surface area contributed by atoms with Crippen molar-refractivity contribution in [1.82, 2.24) is 10.2 Å². The maximum atomic E-state index is 11.8. The van der Waals surface area contributed by atoms with Gasteiger partial charge in [0.1, 0.15) is 6.04 Å². The fraction of sp³-hybridized carbons (Fsp3) is 0.824. The normalized spacial score (nSPS) is 13.9. The molecule has 0 saturated heterocycles. The molecule has 0 bridgehead atoms. The molecule has 0 amide bonds. The predicted octanol–water partition coefficient (Wildman–Crippen LogP) is -1.70. The number of hydrogen-bond donors (Lipinski definition) is 3. The summed E-state index contributed by atoms with van der Waals surface area (Å²) < 4.78 is 0. The smallest absolute Gasteiger partial charge is 0.874 e. The maximum absolute atomic E-state index is 11.8. The molecule has 7 heteroatoms. The quantitative estimate of drug-likeness (QED) is 0.196. The number of aliphatic hydroxyl groups excluding tert-OH is 1. The third kappa shape index (κ3) is 13.1. The monoisotopic (exact) mass is 352 g/mol. The summed E-state index contributed by atoms with van der Waals surface area (Å²) in [6.07, 6.45) is 6.04. The van der Waals surface area contributed by atoms with Crippen LogP contribution in [0.25, 0.3) is 0 Å². The molecular weight excluding hydrogens is 319 g/mol. The average Bonchev–Trinajstić information content (AvgIpc) is 2.52. The molecule has 2 atom stereocenters. The molecule has 0 spiro atoms. The number of nitrogens with zero attached hydrogens (tertiary/aromatic N) is 1. The predicted molar refractivity (Wildman–Crippen MR) is 89.8 cm³/mol. The summed E-state index contributed by atoms with van der Waals surface area (Å²) in [5.41, 5.74) is 0. The molecule has 0 aliphatic heterocycles. The van der Waals surface area contributed by atoms with Crippen LogP contribution in [0, 0.1) is 0 Å². The van der Waals surface area contributed by atoms with Crippen molar-refractivity contribution in [1.29, 1.82) is 0 Å². The molecule has 0 aliphatic rings. The van der Waals surface area contributed by atoms with Gasteiger partial charge < -0.3 is 25.5 Å². The second kappa shape index (κ2) is 16.2. The zero-order chi connectivity index (χ0) is 17.7. The molecule has 0 heterocycles. The van der Waals surface area contributed by atoms with Crippen LogP contribution in [0.4, 0.5) is 0 Å². The van der Waals surface area contributed by atoms with E-state index in [4.69, 9.17) is 5.11 Å². The van der Waals surface area contributed by atoms with E-state index in [1.165, 1.54) is 6.20 Å². The van der Waals surface area contributed by atoms with Gasteiger partial charge in [-0.2, -0.15) is 0 Å². The van der Waals surface area contributed by atoms with Gasteiger partial charge in [-0.1, -0.05) is 39.5 Å². The van der Waals surface area contributed by atoms with E-state index < -0.39 is 12.0 Å². The van der Waals surface area contributed by atoms with Crippen molar-refractivity contribution in [2.75, 3.05) is 19.6 Å². The molecule has 0 aromatic carbocycles. The zero-order valence-corrected chi connectivity index (χ0v) is 17.8. The Hall–Kier alpha value is -0.270. The van der Waals surface area contributed by atoms with Crippen LogP contribution < -0.4 is 40.0 Å². The van der Waals surface area contributed by atoms with E-state index in [0.29, 0.717) is 26.1 Å². The fourth-order valence-corrected chi connectivity index (χ4v) is 2.13. The minimum absolute atomic E-state index is 0. The van der Waals surface area contributed by atoms with Crippen molar-refractivity contribution in [3.05, 3.63) is 12.0 Å². The number of carboxylic acids is 1. The van der Waals surface area contributed by atoms with E-state index in [2.05, 4.69) is 12.2 Å². The SMILES string of the molecule is CCCC/C([O-])=C/N(CCNCC(O)CCCC)C(C)C(=O)O.[Na+]. The molecule has 136 valence electrons. The number of aliphatic hydroxyl groups is 1. The Balaban J connectivity index is 0. The number of aliphatic carboxylic acids is 1. The van der Waals surface area contributed by atoms with Crippen molar-refractivity contribution in [3.8, 4) is 0 Å². The molecule has 0 aromatic heterocycles. The van der Waals surface area contributed by atoms with Gasteiger partial charge in [0, 0.05) is 19.6 Å². The molecule has 0 saturated carbocycles. The Labute approximate surface area is 168 Å². The molecule has 0 radical (unpaired) electrons. The van der Waals surface area contributed by atoms with E-state index in [0.717, 1.165) is 32.1 Å². The summed E-state index contributed by atoms with van der Waals surface area (Å²) in [4.78, 5) is 12.7. The third-order valence-electron chi connectivity index (χ3n) is 3.76. The number of carboxylic acid groups (broad SMARTS) is 1. The van der Waals surface area contributed by atoms with Crippen molar-refractivity contribution in [2.45, 2.75) is 71.4 Å². The first-order chi connectivity index (χ1) is 10.9. The number of nitrogens with one attached hydrogen (secondary N) is 1. The Morgan fingerprint density at radius 2 is 1.92 bits per heavy atom. The van der Waals surface area contributed by atoms with Gasteiger partial charge in [0.05, 0.1) is 6.10 Å². The van der Waals surface area contributed by atoms with Gasteiger partial charge in [-0.25, -0.2) is 4.79 Å². The molecule has 6 nitrogen and oxygen atoms in total. The second-order valence-electron chi connectivity index (χ2n) is 5.95. The minimum atomic E-state index is -0.951. The topological polar surface area (TPSA) is 95.9 Å². The Morgan fingerprint density at radius 1 is 1.29 bits per heavy atom. The van der Waals surface area contributed by atoms with Gasteiger partial charge in [0.25, 0.3) is 0 Å². The Kier molecular flexibility index (Phi) is 17.5. The average molecular weight is 352 g/mol. The van der Waals surface area contributed by atoms with Crippen molar-refractivity contribution >= 4 is 5.97 Å². The number of carbonyl (C=O) groups is 1. The van der Waals surface area contributed by atoms with Crippen LogP contribution in [0.5, 0.6) is 0 Å². The summed E-state index contributed by atoms with van der Waals surface area (Å²) >= 11 is 0. The maximum Gasteiger partial charge on any atom is 1.00 e. The summed E-state index contributed by atoms with van der Waals surface area (Å²) in [7, 11) is 0. The largest absolute Gasteiger partial charge is 1.00 e. The number of allylic oxidation sites excluding steroid dienone is 1. The van der Waals surface area contributed by atoms with Crippen LogP contribution in [-0.4, -0.2) is 52.9 Å². The molecule has 2 unspecified atom stereocenters. The van der Waals surface area contributed by atoms with Crippen LogP contribution in [0.1, 0.15) is 59.3 Å². The van der Waals surface area contributed by atoms with Crippen LogP contribution in [-0.2, 0) is 4.79 Å². The van der Waals surface area contributed by atoms with Gasteiger partial charge >= 0.3 is 35.5 Å². The van der Waals surface area contributed by atoms with E-state index >= 15 is 0 Å². The molecule has 0 aromatic rings. The molecular formula is C17H33N2NaO4. The summed E-state index contributed by atoms with van der Waals surface area (Å²) in [6.45, 7) is 7.10. The molecule has 0 rings (SSSR count). The van der Waals surface area contributed by atoms with Crippen molar-refractivity contribution in [2.24, 2.45) is 0 Å². The van der Waals surface area contributed by atoms with Gasteiger partial charge in [0.2, 0.25) is 0 Å². The van der Waals surface area contributed by atoms with Crippen molar-refractivity contribution < 1.29 is 49.7 Å². The third-order valence-corrected chi connectivity index (χ3v) is 3.76.